The van der Waals surface area contributed by atoms with Crippen LogP contribution in [0, 0.1) is 5.82 Å². The topological polar surface area (TPSA) is 112 Å². The molecule has 33 heavy (non-hydrogen) atoms. The summed E-state index contributed by atoms with van der Waals surface area (Å²) in [4.78, 5) is 38.3. The number of anilines is 3. The van der Waals surface area contributed by atoms with Gasteiger partial charge in [0.1, 0.15) is 5.82 Å². The molecular weight excluding hydrogens is 429 g/mol. The van der Waals surface area contributed by atoms with E-state index in [-0.39, 0.29) is 36.9 Å². The molecule has 0 radical (unpaired) electrons. The number of halogens is 1. The molecule has 0 spiro atoms. The normalized spacial score (nSPS) is 13.7. The van der Waals surface area contributed by atoms with Gasteiger partial charge in [-0.15, -0.1) is 0 Å². The van der Waals surface area contributed by atoms with E-state index in [1.165, 1.54) is 18.2 Å². The van der Waals surface area contributed by atoms with Crippen LogP contribution in [0.4, 0.5) is 26.2 Å². The van der Waals surface area contributed by atoms with Crippen molar-refractivity contribution in [3.8, 4) is 0 Å². The fourth-order valence-corrected chi connectivity index (χ4v) is 3.21. The van der Waals surface area contributed by atoms with E-state index in [2.05, 4.69) is 26.2 Å². The monoisotopic (exact) mass is 457 g/mol. The summed E-state index contributed by atoms with van der Waals surface area (Å²) < 4.78 is 19.4. The molecule has 1 fully saturated rings. The number of para-hydroxylation sites is 1. The second kappa shape index (κ2) is 12.5. The van der Waals surface area contributed by atoms with Gasteiger partial charge in [0.05, 0.1) is 18.9 Å². The minimum Gasteiger partial charge on any atom is -0.379 e. The van der Waals surface area contributed by atoms with E-state index in [0.29, 0.717) is 31.1 Å². The van der Waals surface area contributed by atoms with Crippen LogP contribution in [-0.4, -0.2) is 62.1 Å². The highest BCUT2D eigenvalue weighted by molar-refractivity contribution is 5.95. The van der Waals surface area contributed by atoms with E-state index < -0.39 is 11.8 Å². The van der Waals surface area contributed by atoms with E-state index in [1.54, 1.807) is 24.3 Å². The summed E-state index contributed by atoms with van der Waals surface area (Å²) in [5.74, 6) is -1.25. The van der Waals surface area contributed by atoms with Gasteiger partial charge in [0, 0.05) is 50.4 Å². The zero-order valence-corrected chi connectivity index (χ0v) is 18.2. The molecule has 0 aliphatic carbocycles. The van der Waals surface area contributed by atoms with E-state index in [9.17, 15) is 18.8 Å². The standard InChI is InChI=1S/C23H28FN5O4/c24-19-7-6-18(16-20(19)28-22(31)9-11-29-12-14-33-15-13-29)26-21(30)8-10-25-23(32)27-17-4-2-1-3-5-17/h1-7,16H,8-15H2,(H,26,30)(H,28,31)(H2,25,27,32). The summed E-state index contributed by atoms with van der Waals surface area (Å²) in [6.45, 7) is 3.52. The van der Waals surface area contributed by atoms with Gasteiger partial charge >= 0.3 is 6.03 Å². The third kappa shape index (κ3) is 8.51. The molecule has 1 saturated heterocycles. The third-order valence-electron chi connectivity index (χ3n) is 4.95. The second-order valence-corrected chi connectivity index (χ2v) is 7.49. The first-order chi connectivity index (χ1) is 16.0. The zero-order valence-electron chi connectivity index (χ0n) is 18.2. The molecule has 9 nitrogen and oxygen atoms in total. The molecule has 0 bridgehead atoms. The van der Waals surface area contributed by atoms with Crippen molar-refractivity contribution in [2.45, 2.75) is 12.8 Å². The highest BCUT2D eigenvalue weighted by Gasteiger charge is 2.14. The number of carbonyl (C=O) groups is 3. The first-order valence-electron chi connectivity index (χ1n) is 10.8. The van der Waals surface area contributed by atoms with Crippen molar-refractivity contribution < 1.29 is 23.5 Å². The molecular formula is C23H28FN5O4. The molecule has 3 rings (SSSR count). The summed E-state index contributed by atoms with van der Waals surface area (Å²) in [7, 11) is 0. The second-order valence-electron chi connectivity index (χ2n) is 7.49. The van der Waals surface area contributed by atoms with E-state index in [4.69, 9.17) is 4.74 Å². The largest absolute Gasteiger partial charge is 0.379 e. The zero-order chi connectivity index (χ0) is 23.5. The number of urea groups is 1. The SMILES string of the molecule is O=C(CCNC(=O)Nc1ccccc1)Nc1ccc(F)c(NC(=O)CCN2CCOCC2)c1. The van der Waals surface area contributed by atoms with Crippen LogP contribution in [0.2, 0.25) is 0 Å². The predicted molar refractivity (Wildman–Crippen MR) is 124 cm³/mol. The minimum atomic E-state index is -0.591. The first kappa shape index (κ1) is 24.1. The number of rotatable bonds is 9. The van der Waals surface area contributed by atoms with E-state index >= 15 is 0 Å². The number of amides is 4. The van der Waals surface area contributed by atoms with Crippen LogP contribution in [-0.2, 0) is 14.3 Å². The van der Waals surface area contributed by atoms with Gasteiger partial charge in [-0.3, -0.25) is 14.5 Å². The Balaban J connectivity index is 1.41. The Bertz CT molecular complexity index is 951. The fraction of sp³-hybridized carbons (Fsp3) is 0.348. The van der Waals surface area contributed by atoms with Crippen LogP contribution < -0.4 is 21.3 Å². The van der Waals surface area contributed by atoms with Crippen molar-refractivity contribution in [1.29, 1.82) is 0 Å². The van der Waals surface area contributed by atoms with Crippen LogP contribution in [0.1, 0.15) is 12.8 Å². The van der Waals surface area contributed by atoms with Gasteiger partial charge in [0.15, 0.2) is 0 Å². The molecule has 0 saturated carbocycles. The Labute approximate surface area is 191 Å². The number of hydrogen-bond donors (Lipinski definition) is 4. The molecule has 0 unspecified atom stereocenters. The minimum absolute atomic E-state index is 0.000131. The van der Waals surface area contributed by atoms with Gasteiger partial charge in [-0.2, -0.15) is 0 Å². The molecule has 0 aromatic heterocycles. The van der Waals surface area contributed by atoms with Crippen LogP contribution in [0.3, 0.4) is 0 Å². The van der Waals surface area contributed by atoms with Crippen molar-refractivity contribution in [1.82, 2.24) is 10.2 Å². The number of hydrogen-bond acceptors (Lipinski definition) is 5. The van der Waals surface area contributed by atoms with Gasteiger partial charge in [-0.25, -0.2) is 9.18 Å². The molecule has 2 aromatic rings. The number of nitrogens with zero attached hydrogens (tertiary/aromatic N) is 1. The average molecular weight is 458 g/mol. The Morgan fingerprint density at radius 2 is 1.61 bits per heavy atom. The Hall–Kier alpha value is -3.50. The fourth-order valence-electron chi connectivity index (χ4n) is 3.21. The quantitative estimate of drug-likeness (QED) is 0.463. The number of benzene rings is 2. The van der Waals surface area contributed by atoms with Gasteiger partial charge in [0.25, 0.3) is 0 Å². The molecule has 0 atom stereocenters. The van der Waals surface area contributed by atoms with Crippen LogP contribution >= 0.6 is 0 Å². The van der Waals surface area contributed by atoms with Crippen molar-refractivity contribution in [3.05, 3.63) is 54.3 Å². The lowest BCUT2D eigenvalue weighted by Crippen LogP contribution is -2.38. The summed E-state index contributed by atoms with van der Waals surface area (Å²) in [5.41, 5.74) is 0.990. The number of morpholine rings is 1. The maximum absolute atomic E-state index is 14.1. The van der Waals surface area contributed by atoms with Crippen LogP contribution in [0.5, 0.6) is 0 Å². The molecule has 1 aliphatic rings. The number of nitrogens with one attached hydrogen (secondary N) is 4. The molecule has 2 aromatic carbocycles. The average Bonchev–Trinajstić information content (AvgIpc) is 2.81. The Kier molecular flexibility index (Phi) is 9.16. The van der Waals surface area contributed by atoms with Crippen molar-refractivity contribution >= 4 is 34.9 Å². The van der Waals surface area contributed by atoms with Gasteiger partial charge < -0.3 is 26.0 Å². The van der Waals surface area contributed by atoms with Crippen molar-refractivity contribution in [3.63, 3.8) is 0 Å². The Morgan fingerprint density at radius 1 is 0.879 bits per heavy atom. The lowest BCUT2D eigenvalue weighted by Gasteiger charge is -2.26. The molecule has 1 aliphatic heterocycles. The molecule has 1 heterocycles. The van der Waals surface area contributed by atoms with Crippen LogP contribution in [0.25, 0.3) is 0 Å². The van der Waals surface area contributed by atoms with Gasteiger partial charge in [0.2, 0.25) is 11.8 Å². The van der Waals surface area contributed by atoms with E-state index in [1.807, 2.05) is 6.07 Å². The predicted octanol–water partition coefficient (Wildman–Crippen LogP) is 2.64. The highest BCUT2D eigenvalue weighted by Crippen LogP contribution is 2.20. The molecule has 4 amide bonds. The van der Waals surface area contributed by atoms with Crippen molar-refractivity contribution in [2.75, 3.05) is 55.3 Å². The summed E-state index contributed by atoms with van der Waals surface area (Å²) in [6, 6.07) is 12.5. The lowest BCUT2D eigenvalue weighted by atomic mass is 10.2. The Morgan fingerprint density at radius 3 is 2.36 bits per heavy atom. The summed E-state index contributed by atoms with van der Waals surface area (Å²) >= 11 is 0. The highest BCUT2D eigenvalue weighted by atomic mass is 19.1. The molecule has 10 heteroatoms. The summed E-state index contributed by atoms with van der Waals surface area (Å²) in [6.07, 6.45) is 0.258. The van der Waals surface area contributed by atoms with Gasteiger partial charge in [-0.05, 0) is 30.3 Å². The first-order valence-corrected chi connectivity index (χ1v) is 10.8. The van der Waals surface area contributed by atoms with Crippen LogP contribution in [0.15, 0.2) is 48.5 Å². The molecule has 4 N–H and O–H groups in total. The molecule has 176 valence electrons. The number of ether oxygens (including phenoxy) is 1. The van der Waals surface area contributed by atoms with E-state index in [0.717, 1.165) is 13.1 Å². The smallest absolute Gasteiger partial charge is 0.319 e. The lowest BCUT2D eigenvalue weighted by molar-refractivity contribution is -0.117. The maximum Gasteiger partial charge on any atom is 0.319 e. The number of carbonyl (C=O) groups excluding carboxylic acids is 3. The third-order valence-corrected chi connectivity index (χ3v) is 4.95. The van der Waals surface area contributed by atoms with Gasteiger partial charge in [-0.1, -0.05) is 18.2 Å². The maximum atomic E-state index is 14.1. The summed E-state index contributed by atoms with van der Waals surface area (Å²) in [5, 5.41) is 10.4. The van der Waals surface area contributed by atoms with Crippen molar-refractivity contribution in [2.24, 2.45) is 0 Å².